The number of aliphatic hydroxyl groups excluding tert-OH is 1. The molecule has 2 aromatic rings. The Bertz CT molecular complexity index is 498. The molecule has 0 spiro atoms. The van der Waals surface area contributed by atoms with Gasteiger partial charge in [0.15, 0.2) is 0 Å². The molecule has 0 aromatic carbocycles. The Labute approximate surface area is 105 Å². The van der Waals surface area contributed by atoms with Crippen molar-refractivity contribution in [3.63, 3.8) is 0 Å². The van der Waals surface area contributed by atoms with Gasteiger partial charge >= 0.3 is 0 Å². The molecule has 0 amide bonds. The van der Waals surface area contributed by atoms with Gasteiger partial charge in [-0.25, -0.2) is 0 Å². The van der Waals surface area contributed by atoms with E-state index in [1.54, 1.807) is 29.3 Å². The maximum absolute atomic E-state index is 10.0. The molecule has 0 fully saturated rings. The summed E-state index contributed by atoms with van der Waals surface area (Å²) in [6, 6.07) is 1.75. The SMILES string of the molecule is Cn1cc(CCC(O)c2ccncc2Cl)cn1. The third kappa shape index (κ3) is 3.05. The Morgan fingerprint density at radius 3 is 2.94 bits per heavy atom. The second-order valence-corrected chi connectivity index (χ2v) is 4.38. The van der Waals surface area contributed by atoms with Gasteiger partial charge in [0.25, 0.3) is 0 Å². The number of aryl methyl sites for hydroxylation is 2. The fourth-order valence-corrected chi connectivity index (χ4v) is 1.96. The van der Waals surface area contributed by atoms with Crippen molar-refractivity contribution in [3.8, 4) is 0 Å². The van der Waals surface area contributed by atoms with Crippen molar-refractivity contribution in [3.05, 3.63) is 47.0 Å². The molecule has 0 aliphatic carbocycles. The van der Waals surface area contributed by atoms with E-state index in [1.807, 2.05) is 13.2 Å². The summed E-state index contributed by atoms with van der Waals surface area (Å²) in [5, 5.41) is 14.6. The number of hydrogen-bond donors (Lipinski definition) is 1. The Morgan fingerprint density at radius 2 is 2.29 bits per heavy atom. The van der Waals surface area contributed by atoms with Gasteiger partial charge < -0.3 is 5.11 Å². The number of rotatable bonds is 4. The second kappa shape index (κ2) is 5.29. The molecule has 5 heteroatoms. The molecule has 0 aliphatic heterocycles. The Hall–Kier alpha value is -1.39. The lowest BCUT2D eigenvalue weighted by Gasteiger charge is -2.11. The van der Waals surface area contributed by atoms with Gasteiger partial charge in [0, 0.05) is 31.2 Å². The van der Waals surface area contributed by atoms with E-state index in [9.17, 15) is 5.11 Å². The number of pyridine rings is 1. The Morgan fingerprint density at radius 1 is 1.47 bits per heavy atom. The first kappa shape index (κ1) is 12.1. The number of nitrogens with zero attached hydrogens (tertiary/aromatic N) is 3. The highest BCUT2D eigenvalue weighted by atomic mass is 35.5. The molecule has 0 bridgehead atoms. The fourth-order valence-electron chi connectivity index (χ4n) is 1.72. The van der Waals surface area contributed by atoms with Crippen molar-refractivity contribution in [2.24, 2.45) is 7.05 Å². The molecule has 0 saturated heterocycles. The van der Waals surface area contributed by atoms with Crippen LogP contribution in [0.2, 0.25) is 5.02 Å². The minimum Gasteiger partial charge on any atom is -0.388 e. The minimum absolute atomic E-state index is 0.506. The van der Waals surface area contributed by atoms with Gasteiger partial charge in [0.05, 0.1) is 17.3 Å². The summed E-state index contributed by atoms with van der Waals surface area (Å²) in [7, 11) is 1.87. The average molecular weight is 252 g/mol. The Balaban J connectivity index is 1.98. The van der Waals surface area contributed by atoms with Crippen LogP contribution in [0, 0.1) is 0 Å². The molecule has 90 valence electrons. The predicted octanol–water partition coefficient (Wildman–Crippen LogP) is 2.13. The number of halogens is 1. The lowest BCUT2D eigenvalue weighted by molar-refractivity contribution is 0.168. The first-order valence-corrected chi connectivity index (χ1v) is 5.79. The lowest BCUT2D eigenvalue weighted by Crippen LogP contribution is -2.00. The zero-order chi connectivity index (χ0) is 12.3. The largest absolute Gasteiger partial charge is 0.388 e. The highest BCUT2D eigenvalue weighted by Crippen LogP contribution is 2.25. The minimum atomic E-state index is -0.564. The summed E-state index contributed by atoms with van der Waals surface area (Å²) in [5.41, 5.74) is 1.84. The van der Waals surface area contributed by atoms with Crippen LogP contribution in [0.4, 0.5) is 0 Å². The van der Waals surface area contributed by atoms with Crippen LogP contribution in [-0.4, -0.2) is 19.9 Å². The van der Waals surface area contributed by atoms with E-state index in [-0.39, 0.29) is 0 Å². The van der Waals surface area contributed by atoms with Gasteiger partial charge in [-0.05, 0) is 24.5 Å². The molecular weight excluding hydrogens is 238 g/mol. The summed E-state index contributed by atoms with van der Waals surface area (Å²) >= 11 is 5.97. The molecule has 17 heavy (non-hydrogen) atoms. The van der Waals surface area contributed by atoms with Gasteiger partial charge in [-0.2, -0.15) is 5.10 Å². The maximum atomic E-state index is 10.0. The normalized spacial score (nSPS) is 12.6. The molecule has 4 nitrogen and oxygen atoms in total. The van der Waals surface area contributed by atoms with Crippen molar-refractivity contribution in [2.45, 2.75) is 18.9 Å². The van der Waals surface area contributed by atoms with E-state index in [0.717, 1.165) is 17.5 Å². The molecule has 2 rings (SSSR count). The molecule has 1 N–H and O–H groups in total. The smallest absolute Gasteiger partial charge is 0.0808 e. The second-order valence-electron chi connectivity index (χ2n) is 3.97. The van der Waals surface area contributed by atoms with E-state index in [1.165, 1.54) is 0 Å². The van der Waals surface area contributed by atoms with Crippen LogP contribution in [0.25, 0.3) is 0 Å². The highest BCUT2D eigenvalue weighted by Gasteiger charge is 2.11. The topological polar surface area (TPSA) is 50.9 Å². The van der Waals surface area contributed by atoms with Crippen LogP contribution >= 0.6 is 11.6 Å². The van der Waals surface area contributed by atoms with Crippen LogP contribution in [0.15, 0.2) is 30.9 Å². The average Bonchev–Trinajstić information content (AvgIpc) is 2.73. The van der Waals surface area contributed by atoms with Gasteiger partial charge in [0.1, 0.15) is 0 Å². The van der Waals surface area contributed by atoms with Crippen LogP contribution < -0.4 is 0 Å². The molecule has 0 saturated carbocycles. The molecule has 0 radical (unpaired) electrons. The molecular formula is C12H14ClN3O. The lowest BCUT2D eigenvalue weighted by atomic mass is 10.0. The summed E-state index contributed by atoms with van der Waals surface area (Å²) in [6.07, 6.45) is 7.76. The van der Waals surface area contributed by atoms with E-state index in [4.69, 9.17) is 11.6 Å². The van der Waals surface area contributed by atoms with Crippen LogP contribution in [-0.2, 0) is 13.5 Å². The van der Waals surface area contributed by atoms with Crippen LogP contribution in [0.3, 0.4) is 0 Å². The third-order valence-electron chi connectivity index (χ3n) is 2.63. The first-order valence-electron chi connectivity index (χ1n) is 5.42. The number of aromatic nitrogens is 3. The quantitative estimate of drug-likeness (QED) is 0.906. The number of aliphatic hydroxyl groups is 1. The monoisotopic (exact) mass is 251 g/mol. The van der Waals surface area contributed by atoms with Gasteiger partial charge in [0.2, 0.25) is 0 Å². The third-order valence-corrected chi connectivity index (χ3v) is 2.94. The van der Waals surface area contributed by atoms with Crippen LogP contribution in [0.1, 0.15) is 23.7 Å². The van der Waals surface area contributed by atoms with Crippen molar-refractivity contribution in [1.82, 2.24) is 14.8 Å². The van der Waals surface area contributed by atoms with Gasteiger partial charge in [-0.15, -0.1) is 0 Å². The number of hydrogen-bond acceptors (Lipinski definition) is 3. The van der Waals surface area contributed by atoms with Gasteiger partial charge in [-0.1, -0.05) is 11.6 Å². The Kier molecular flexibility index (Phi) is 3.76. The van der Waals surface area contributed by atoms with Crippen molar-refractivity contribution < 1.29 is 5.11 Å². The summed E-state index contributed by atoms with van der Waals surface area (Å²) in [6.45, 7) is 0. The molecule has 1 atom stereocenters. The van der Waals surface area contributed by atoms with Crippen molar-refractivity contribution in [2.75, 3.05) is 0 Å². The molecule has 2 aromatic heterocycles. The van der Waals surface area contributed by atoms with Crippen molar-refractivity contribution in [1.29, 1.82) is 0 Å². The molecule has 2 heterocycles. The predicted molar refractivity (Wildman–Crippen MR) is 65.7 cm³/mol. The zero-order valence-electron chi connectivity index (χ0n) is 9.55. The molecule has 0 aliphatic rings. The first-order chi connectivity index (χ1) is 8.16. The van der Waals surface area contributed by atoms with Gasteiger partial charge in [-0.3, -0.25) is 9.67 Å². The van der Waals surface area contributed by atoms with Crippen molar-refractivity contribution >= 4 is 11.6 Å². The standard InChI is InChI=1S/C12H14ClN3O/c1-16-8-9(6-15-16)2-3-12(17)10-4-5-14-7-11(10)13/h4-8,12,17H,2-3H2,1H3. The summed E-state index contributed by atoms with van der Waals surface area (Å²) in [5.74, 6) is 0. The van der Waals surface area contributed by atoms with E-state index in [0.29, 0.717) is 11.4 Å². The summed E-state index contributed by atoms with van der Waals surface area (Å²) < 4.78 is 1.75. The zero-order valence-corrected chi connectivity index (χ0v) is 10.3. The van der Waals surface area contributed by atoms with E-state index >= 15 is 0 Å². The van der Waals surface area contributed by atoms with E-state index < -0.39 is 6.10 Å². The fraction of sp³-hybridized carbons (Fsp3) is 0.333. The highest BCUT2D eigenvalue weighted by molar-refractivity contribution is 6.31. The van der Waals surface area contributed by atoms with E-state index in [2.05, 4.69) is 10.1 Å². The van der Waals surface area contributed by atoms with Crippen LogP contribution in [0.5, 0.6) is 0 Å². The summed E-state index contributed by atoms with van der Waals surface area (Å²) in [4.78, 5) is 3.89. The molecule has 1 unspecified atom stereocenters. The maximum Gasteiger partial charge on any atom is 0.0808 e.